The lowest BCUT2D eigenvalue weighted by molar-refractivity contribution is -0.130. The molecule has 2 aromatic heterocycles. The molecule has 1 amide bonds. The van der Waals surface area contributed by atoms with Gasteiger partial charge in [-0.2, -0.15) is 0 Å². The Kier molecular flexibility index (Phi) is 7.01. The smallest absolute Gasteiger partial charge is 0.290 e. The highest BCUT2D eigenvalue weighted by molar-refractivity contribution is 6.15. The lowest BCUT2D eigenvalue weighted by Crippen LogP contribution is -2.30. The molecule has 8 heteroatoms. The van der Waals surface area contributed by atoms with E-state index < -0.39 is 23.5 Å². The molecular weight excluding hydrogens is 448 g/mol. The molecule has 0 spiro atoms. The molecule has 1 aliphatic rings. The molecule has 1 N–H and O–H groups in total. The average Bonchev–Trinajstić information content (AvgIpc) is 3.40. The third-order valence-electron chi connectivity index (χ3n) is 5.53. The van der Waals surface area contributed by atoms with E-state index >= 15 is 0 Å². The second-order valence-electron chi connectivity index (χ2n) is 7.94. The number of carbonyl (C=O) groups excluding carboxylic acids is 2. The summed E-state index contributed by atoms with van der Waals surface area (Å²) in [5, 5.41) is 10.9. The van der Waals surface area contributed by atoms with Crippen LogP contribution in [0.5, 0.6) is 11.5 Å². The van der Waals surface area contributed by atoms with Crippen LogP contribution in [0, 0.1) is 6.92 Å². The van der Waals surface area contributed by atoms with Crippen molar-refractivity contribution in [2.75, 3.05) is 13.2 Å². The van der Waals surface area contributed by atoms with Gasteiger partial charge in [0.15, 0.2) is 23.0 Å². The van der Waals surface area contributed by atoms with Crippen molar-refractivity contribution in [3.8, 4) is 11.5 Å². The summed E-state index contributed by atoms with van der Waals surface area (Å²) in [6.45, 7) is 8.03. The summed E-state index contributed by atoms with van der Waals surface area (Å²) in [6.07, 6.45) is 4.89. The van der Waals surface area contributed by atoms with Crippen molar-refractivity contribution >= 4 is 11.7 Å². The first-order chi connectivity index (χ1) is 16.9. The first kappa shape index (κ1) is 23.8. The zero-order valence-electron chi connectivity index (χ0n) is 19.6. The van der Waals surface area contributed by atoms with Gasteiger partial charge in [0.05, 0.1) is 18.2 Å². The van der Waals surface area contributed by atoms with Gasteiger partial charge in [0, 0.05) is 18.9 Å². The van der Waals surface area contributed by atoms with Crippen molar-refractivity contribution in [2.45, 2.75) is 26.4 Å². The van der Waals surface area contributed by atoms with Crippen LogP contribution < -0.4 is 9.47 Å². The van der Waals surface area contributed by atoms with Gasteiger partial charge in [0.25, 0.3) is 5.91 Å². The van der Waals surface area contributed by atoms with E-state index in [1.807, 2.05) is 13.0 Å². The van der Waals surface area contributed by atoms with Crippen LogP contribution in [0.3, 0.4) is 0 Å². The van der Waals surface area contributed by atoms with E-state index in [0.717, 1.165) is 5.56 Å². The number of ether oxygens (including phenoxy) is 2. The third-order valence-corrected chi connectivity index (χ3v) is 5.53. The van der Waals surface area contributed by atoms with Crippen molar-refractivity contribution < 1.29 is 28.6 Å². The Morgan fingerprint density at radius 2 is 2.06 bits per heavy atom. The fourth-order valence-electron chi connectivity index (χ4n) is 4.00. The number of benzene rings is 1. The largest absolute Gasteiger partial charge is 0.503 e. The molecule has 8 nitrogen and oxygen atoms in total. The first-order valence-electron chi connectivity index (χ1n) is 11.2. The number of aromatic nitrogens is 1. The number of amides is 1. The molecule has 180 valence electrons. The Morgan fingerprint density at radius 3 is 2.71 bits per heavy atom. The number of carbonyl (C=O) groups is 2. The van der Waals surface area contributed by atoms with Crippen molar-refractivity contribution in [3.05, 3.63) is 101 Å². The summed E-state index contributed by atoms with van der Waals surface area (Å²) in [7, 11) is 0. The van der Waals surface area contributed by atoms with Crippen LogP contribution in [0.1, 0.15) is 40.4 Å². The lowest BCUT2D eigenvalue weighted by atomic mass is 9.94. The number of hydrogen-bond acceptors (Lipinski definition) is 7. The number of pyridine rings is 1. The molecule has 0 saturated heterocycles. The molecule has 0 radical (unpaired) electrons. The van der Waals surface area contributed by atoms with E-state index in [1.165, 1.54) is 11.0 Å². The van der Waals surface area contributed by atoms with Gasteiger partial charge in [-0.15, -0.1) is 0 Å². The molecule has 1 unspecified atom stereocenters. The van der Waals surface area contributed by atoms with Gasteiger partial charge in [0.1, 0.15) is 12.4 Å². The molecule has 3 aromatic rings. The molecule has 3 heterocycles. The van der Waals surface area contributed by atoms with Gasteiger partial charge in [-0.1, -0.05) is 24.8 Å². The zero-order chi connectivity index (χ0) is 24.9. The standard InChI is InChI=1S/C27H26N2O6/c1-4-13-34-20-11-9-19(14-22(20)33-5-2)24-23(25(30)21-10-8-17(3)35-21)26(31)27(32)29(24)16-18-7-6-12-28-15-18/h4,6-12,14-15,24,31H,1,5,13,16H2,2-3H3. The maximum absolute atomic E-state index is 13.4. The first-order valence-corrected chi connectivity index (χ1v) is 11.2. The van der Waals surface area contributed by atoms with Gasteiger partial charge < -0.3 is 23.9 Å². The molecule has 1 atom stereocenters. The monoisotopic (exact) mass is 474 g/mol. The highest BCUT2D eigenvalue weighted by Gasteiger charge is 2.44. The molecule has 4 rings (SSSR count). The van der Waals surface area contributed by atoms with Gasteiger partial charge in [-0.3, -0.25) is 14.6 Å². The van der Waals surface area contributed by atoms with E-state index in [1.54, 1.807) is 55.7 Å². The fraction of sp³-hybridized carbons (Fsp3) is 0.222. The summed E-state index contributed by atoms with van der Waals surface area (Å²) >= 11 is 0. The van der Waals surface area contributed by atoms with E-state index in [-0.39, 0.29) is 24.5 Å². The molecule has 1 aliphatic heterocycles. The number of furan rings is 1. The van der Waals surface area contributed by atoms with Crippen LogP contribution in [0.2, 0.25) is 0 Å². The topological polar surface area (TPSA) is 102 Å². The predicted molar refractivity (Wildman–Crippen MR) is 128 cm³/mol. The van der Waals surface area contributed by atoms with Crippen LogP contribution in [-0.4, -0.2) is 39.9 Å². The molecular formula is C27H26N2O6. The lowest BCUT2D eigenvalue weighted by Gasteiger charge is -2.27. The summed E-state index contributed by atoms with van der Waals surface area (Å²) < 4.78 is 17.0. The zero-order valence-corrected chi connectivity index (χ0v) is 19.6. The van der Waals surface area contributed by atoms with Crippen LogP contribution >= 0.6 is 0 Å². The quantitative estimate of drug-likeness (QED) is 0.335. The minimum absolute atomic E-state index is 0.0426. The van der Waals surface area contributed by atoms with Crippen molar-refractivity contribution in [2.24, 2.45) is 0 Å². The van der Waals surface area contributed by atoms with Gasteiger partial charge in [-0.05, 0) is 55.3 Å². The number of nitrogens with zero attached hydrogens (tertiary/aromatic N) is 2. The number of aryl methyl sites for hydroxylation is 1. The Hall–Kier alpha value is -4.33. The molecule has 0 aliphatic carbocycles. The van der Waals surface area contributed by atoms with Crippen molar-refractivity contribution in [1.29, 1.82) is 0 Å². The molecule has 0 bridgehead atoms. The third kappa shape index (κ3) is 4.82. The Morgan fingerprint density at radius 1 is 1.23 bits per heavy atom. The minimum atomic E-state index is -0.881. The summed E-state index contributed by atoms with van der Waals surface area (Å²) in [5.74, 6) is -0.287. The number of rotatable bonds is 10. The molecule has 35 heavy (non-hydrogen) atoms. The highest BCUT2D eigenvalue weighted by atomic mass is 16.5. The van der Waals surface area contributed by atoms with Crippen LogP contribution in [0.15, 0.2) is 83.3 Å². The van der Waals surface area contributed by atoms with Crippen LogP contribution in [-0.2, 0) is 11.3 Å². The molecule has 0 fully saturated rings. The van der Waals surface area contributed by atoms with Gasteiger partial charge in [0.2, 0.25) is 5.78 Å². The Labute approximate surface area is 203 Å². The maximum atomic E-state index is 13.4. The summed E-state index contributed by atoms with van der Waals surface area (Å²) in [6, 6.07) is 11.1. The second kappa shape index (κ2) is 10.3. The number of Topliss-reactive ketones (excluding diaryl/α,β-unsaturated/α-hetero) is 1. The van der Waals surface area contributed by atoms with E-state index in [4.69, 9.17) is 13.9 Å². The molecule has 0 saturated carbocycles. The number of hydrogen-bond donors (Lipinski definition) is 1. The highest BCUT2D eigenvalue weighted by Crippen LogP contribution is 2.42. The van der Waals surface area contributed by atoms with Gasteiger partial charge >= 0.3 is 0 Å². The number of aliphatic hydroxyl groups is 1. The van der Waals surface area contributed by atoms with Gasteiger partial charge in [-0.25, -0.2) is 0 Å². The Bertz CT molecular complexity index is 1280. The van der Waals surface area contributed by atoms with E-state index in [0.29, 0.717) is 29.4 Å². The van der Waals surface area contributed by atoms with E-state index in [9.17, 15) is 14.7 Å². The number of ketones is 1. The van der Waals surface area contributed by atoms with Crippen LogP contribution in [0.25, 0.3) is 0 Å². The second-order valence-corrected chi connectivity index (χ2v) is 7.94. The van der Waals surface area contributed by atoms with Crippen molar-refractivity contribution in [1.82, 2.24) is 9.88 Å². The SMILES string of the molecule is C=CCOc1ccc(C2C(C(=O)c3ccc(C)o3)=C(O)C(=O)N2Cc2cccnc2)cc1OCC. The maximum Gasteiger partial charge on any atom is 0.290 e. The molecule has 1 aromatic carbocycles. The normalized spacial score (nSPS) is 15.4. The number of aliphatic hydroxyl groups excluding tert-OH is 1. The predicted octanol–water partition coefficient (Wildman–Crippen LogP) is 4.73. The van der Waals surface area contributed by atoms with Crippen LogP contribution in [0.4, 0.5) is 0 Å². The average molecular weight is 475 g/mol. The van der Waals surface area contributed by atoms with Crippen molar-refractivity contribution in [3.63, 3.8) is 0 Å². The minimum Gasteiger partial charge on any atom is -0.503 e. The Balaban J connectivity index is 1.81. The van der Waals surface area contributed by atoms with E-state index in [2.05, 4.69) is 11.6 Å². The summed E-state index contributed by atoms with van der Waals surface area (Å²) in [5.41, 5.74) is 1.26. The fourth-order valence-corrected chi connectivity index (χ4v) is 4.00. The summed E-state index contributed by atoms with van der Waals surface area (Å²) in [4.78, 5) is 32.2.